The quantitative estimate of drug-likeness (QED) is 0.678. The molecule has 0 N–H and O–H groups in total. The molecule has 1 aliphatic heterocycles. The van der Waals surface area contributed by atoms with Crippen molar-refractivity contribution in [3.63, 3.8) is 0 Å². The molecule has 0 aliphatic carbocycles. The van der Waals surface area contributed by atoms with E-state index in [0.717, 1.165) is 25.9 Å². The van der Waals surface area contributed by atoms with Crippen molar-refractivity contribution in [2.24, 2.45) is 0 Å². The Labute approximate surface area is 82.3 Å². The van der Waals surface area contributed by atoms with Crippen LogP contribution in [0.3, 0.4) is 0 Å². The molecule has 0 aromatic carbocycles. The largest absolute Gasteiger partial charge is 0.445 e. The summed E-state index contributed by atoms with van der Waals surface area (Å²) in [6.07, 6.45) is 4.49. The number of hydrogen-bond donors (Lipinski definition) is 0. The van der Waals surface area contributed by atoms with Gasteiger partial charge in [0, 0.05) is 13.5 Å². The van der Waals surface area contributed by atoms with Crippen LogP contribution in [0.15, 0.2) is 10.7 Å². The van der Waals surface area contributed by atoms with E-state index < -0.39 is 0 Å². The lowest BCUT2D eigenvalue weighted by Crippen LogP contribution is -2.11. The number of hydrogen-bond acceptors (Lipinski definition) is 4. The lowest BCUT2D eigenvalue weighted by atomic mass is 10.1. The van der Waals surface area contributed by atoms with Crippen LogP contribution in [-0.2, 0) is 4.74 Å². The molecule has 0 radical (unpaired) electrons. The average molecular weight is 195 g/mol. The van der Waals surface area contributed by atoms with Gasteiger partial charge in [0.15, 0.2) is 5.78 Å². The van der Waals surface area contributed by atoms with E-state index in [1.807, 2.05) is 0 Å². The van der Waals surface area contributed by atoms with Crippen LogP contribution in [0.4, 0.5) is 0 Å². The minimum atomic E-state index is -0.0733. The summed E-state index contributed by atoms with van der Waals surface area (Å²) in [4.78, 5) is 15.1. The molecule has 2 rings (SSSR count). The third kappa shape index (κ3) is 1.85. The van der Waals surface area contributed by atoms with Crippen LogP contribution in [0.5, 0.6) is 0 Å². The Morgan fingerprint density at radius 2 is 2.43 bits per heavy atom. The molecule has 1 unspecified atom stereocenters. The monoisotopic (exact) mass is 195 g/mol. The third-order valence-corrected chi connectivity index (χ3v) is 2.34. The molecule has 4 heteroatoms. The predicted octanol–water partition coefficient (Wildman–Crippen LogP) is 2.12. The number of ketones is 1. The van der Waals surface area contributed by atoms with Gasteiger partial charge in [-0.2, -0.15) is 0 Å². The van der Waals surface area contributed by atoms with Crippen molar-refractivity contribution in [2.75, 3.05) is 6.61 Å². The zero-order valence-corrected chi connectivity index (χ0v) is 8.16. The molecule has 1 aromatic heterocycles. The van der Waals surface area contributed by atoms with E-state index in [9.17, 15) is 4.79 Å². The van der Waals surface area contributed by atoms with Gasteiger partial charge in [-0.05, 0) is 19.3 Å². The van der Waals surface area contributed by atoms with Crippen LogP contribution < -0.4 is 0 Å². The van der Waals surface area contributed by atoms with Crippen molar-refractivity contribution >= 4 is 5.78 Å². The molecule has 1 fully saturated rings. The van der Waals surface area contributed by atoms with E-state index >= 15 is 0 Å². The molecule has 0 bridgehead atoms. The first-order chi connectivity index (χ1) is 6.77. The lowest BCUT2D eigenvalue weighted by Gasteiger charge is -2.19. The highest BCUT2D eigenvalue weighted by atomic mass is 16.5. The molecule has 0 saturated carbocycles. The number of Topliss-reactive ketones (excluding diaryl/α,β-unsaturated/α-hetero) is 1. The van der Waals surface area contributed by atoms with Crippen molar-refractivity contribution in [3.05, 3.63) is 17.8 Å². The summed E-state index contributed by atoms with van der Waals surface area (Å²) >= 11 is 0. The Kier molecular flexibility index (Phi) is 2.63. The van der Waals surface area contributed by atoms with Crippen molar-refractivity contribution in [2.45, 2.75) is 32.3 Å². The summed E-state index contributed by atoms with van der Waals surface area (Å²) in [5, 5.41) is 0. The van der Waals surface area contributed by atoms with Gasteiger partial charge in [0.2, 0.25) is 5.89 Å². The van der Waals surface area contributed by atoms with Gasteiger partial charge >= 0.3 is 0 Å². The minimum Gasteiger partial charge on any atom is -0.445 e. The van der Waals surface area contributed by atoms with Gasteiger partial charge in [-0.1, -0.05) is 0 Å². The molecule has 76 valence electrons. The van der Waals surface area contributed by atoms with Crippen molar-refractivity contribution in [3.8, 4) is 0 Å². The molecule has 1 atom stereocenters. The van der Waals surface area contributed by atoms with E-state index in [1.165, 1.54) is 13.2 Å². The molecular weight excluding hydrogens is 182 g/mol. The van der Waals surface area contributed by atoms with Gasteiger partial charge in [-0.3, -0.25) is 4.79 Å². The SMILES string of the molecule is CC(=O)c1coc(C2CCCCO2)n1. The molecule has 1 aliphatic rings. The molecular formula is C10H13NO3. The van der Waals surface area contributed by atoms with Crippen molar-refractivity contribution in [1.82, 2.24) is 4.98 Å². The van der Waals surface area contributed by atoms with Crippen LogP contribution in [0.25, 0.3) is 0 Å². The fourth-order valence-corrected chi connectivity index (χ4v) is 1.53. The van der Waals surface area contributed by atoms with E-state index in [-0.39, 0.29) is 11.9 Å². The first-order valence-corrected chi connectivity index (χ1v) is 4.85. The maximum atomic E-state index is 11.0. The number of ether oxygens (including phenoxy) is 1. The molecule has 2 heterocycles. The Balaban J connectivity index is 2.11. The highest BCUT2D eigenvalue weighted by molar-refractivity contribution is 5.91. The summed E-state index contributed by atoms with van der Waals surface area (Å²) in [7, 11) is 0. The van der Waals surface area contributed by atoms with Crippen LogP contribution in [0.1, 0.15) is 48.7 Å². The summed E-state index contributed by atoms with van der Waals surface area (Å²) < 4.78 is 10.7. The Bertz CT molecular complexity index is 326. The fraction of sp³-hybridized carbons (Fsp3) is 0.600. The number of oxazole rings is 1. The number of aromatic nitrogens is 1. The number of rotatable bonds is 2. The van der Waals surface area contributed by atoms with Gasteiger partial charge in [-0.25, -0.2) is 4.98 Å². The van der Waals surface area contributed by atoms with Crippen molar-refractivity contribution in [1.29, 1.82) is 0 Å². The molecule has 0 amide bonds. The molecule has 1 saturated heterocycles. The molecule has 0 spiro atoms. The van der Waals surface area contributed by atoms with Gasteiger partial charge in [0.25, 0.3) is 0 Å². The highest BCUT2D eigenvalue weighted by Gasteiger charge is 2.21. The molecule has 1 aromatic rings. The number of carbonyl (C=O) groups is 1. The van der Waals surface area contributed by atoms with E-state index in [2.05, 4.69) is 4.98 Å². The second-order valence-electron chi connectivity index (χ2n) is 3.48. The molecule has 4 nitrogen and oxygen atoms in total. The zero-order valence-electron chi connectivity index (χ0n) is 8.16. The third-order valence-electron chi connectivity index (χ3n) is 2.34. The lowest BCUT2D eigenvalue weighted by molar-refractivity contribution is -0.00148. The second kappa shape index (κ2) is 3.92. The summed E-state index contributed by atoms with van der Waals surface area (Å²) in [5.41, 5.74) is 0.383. The van der Waals surface area contributed by atoms with Gasteiger partial charge in [0.05, 0.1) is 0 Å². The van der Waals surface area contributed by atoms with E-state index in [4.69, 9.17) is 9.15 Å². The van der Waals surface area contributed by atoms with E-state index in [0.29, 0.717) is 11.6 Å². The predicted molar refractivity (Wildman–Crippen MR) is 49.1 cm³/mol. The number of carbonyl (C=O) groups excluding carboxylic acids is 1. The maximum Gasteiger partial charge on any atom is 0.223 e. The summed E-state index contributed by atoms with van der Waals surface area (Å²) in [6, 6.07) is 0. The van der Waals surface area contributed by atoms with Crippen LogP contribution in [0.2, 0.25) is 0 Å². The highest BCUT2D eigenvalue weighted by Crippen LogP contribution is 2.26. The molecule has 14 heavy (non-hydrogen) atoms. The smallest absolute Gasteiger partial charge is 0.223 e. The minimum absolute atomic E-state index is 0.0585. The van der Waals surface area contributed by atoms with Crippen LogP contribution in [-0.4, -0.2) is 17.4 Å². The van der Waals surface area contributed by atoms with E-state index in [1.54, 1.807) is 0 Å². The standard InChI is InChI=1S/C10H13NO3/c1-7(12)8-6-14-10(11-8)9-4-2-3-5-13-9/h6,9H,2-5H2,1H3. The van der Waals surface area contributed by atoms with Crippen LogP contribution in [0, 0.1) is 0 Å². The fourth-order valence-electron chi connectivity index (χ4n) is 1.53. The zero-order chi connectivity index (χ0) is 9.97. The Hall–Kier alpha value is -1.16. The first kappa shape index (κ1) is 9.40. The number of nitrogens with zero attached hydrogens (tertiary/aromatic N) is 1. The second-order valence-corrected chi connectivity index (χ2v) is 3.48. The van der Waals surface area contributed by atoms with Gasteiger partial charge < -0.3 is 9.15 Å². The first-order valence-electron chi connectivity index (χ1n) is 4.85. The normalized spacial score (nSPS) is 22.2. The van der Waals surface area contributed by atoms with Crippen molar-refractivity contribution < 1.29 is 13.9 Å². The topological polar surface area (TPSA) is 52.3 Å². The summed E-state index contributed by atoms with van der Waals surface area (Å²) in [5.74, 6) is 0.464. The van der Waals surface area contributed by atoms with Gasteiger partial charge in [0.1, 0.15) is 18.1 Å². The maximum absolute atomic E-state index is 11.0. The summed E-state index contributed by atoms with van der Waals surface area (Å²) in [6.45, 7) is 2.23. The Morgan fingerprint density at radius 1 is 1.57 bits per heavy atom. The van der Waals surface area contributed by atoms with Crippen LogP contribution >= 0.6 is 0 Å². The Morgan fingerprint density at radius 3 is 3.00 bits per heavy atom. The average Bonchev–Trinajstić information content (AvgIpc) is 2.68. The van der Waals surface area contributed by atoms with Gasteiger partial charge in [-0.15, -0.1) is 0 Å².